The van der Waals surface area contributed by atoms with Crippen LogP contribution in [0.1, 0.15) is 12.8 Å². The molecule has 1 fully saturated rings. The maximum absolute atomic E-state index is 13.5. The van der Waals surface area contributed by atoms with Crippen LogP contribution in [0.3, 0.4) is 0 Å². The average molecular weight is 274 g/mol. The minimum atomic E-state index is -0.788. The molecule has 0 atom stereocenters. The lowest BCUT2D eigenvalue weighted by atomic mass is 9.93. The number of nitrogens with one attached hydrogen (secondary N) is 1. The highest BCUT2D eigenvalue weighted by atomic mass is 35.5. The number of halogens is 3. The van der Waals surface area contributed by atoms with Crippen LogP contribution in [0.4, 0.5) is 8.78 Å². The molecule has 5 heteroatoms. The summed E-state index contributed by atoms with van der Waals surface area (Å²) in [5.41, 5.74) is -0.788. The monoisotopic (exact) mass is 273 g/mol. The summed E-state index contributed by atoms with van der Waals surface area (Å²) in [6, 6.07) is 3.22. The van der Waals surface area contributed by atoms with Crippen LogP contribution in [-0.4, -0.2) is 18.7 Å². The van der Waals surface area contributed by atoms with Crippen LogP contribution in [0.15, 0.2) is 18.2 Å². The Bertz CT molecular complexity index is 453. The lowest BCUT2D eigenvalue weighted by molar-refractivity contribution is 0.0893. The molecule has 18 heavy (non-hydrogen) atoms. The van der Waals surface area contributed by atoms with Gasteiger partial charge in [-0.1, -0.05) is 5.92 Å². The molecule has 0 aromatic heterocycles. The highest BCUT2D eigenvalue weighted by Crippen LogP contribution is 2.28. The number of hydrogen-bond donors (Lipinski definition) is 1. The smallest absolute Gasteiger partial charge is 0.171 e. The second kappa shape index (κ2) is 6.03. The molecule has 1 aromatic rings. The molecule has 0 spiro atoms. The molecule has 2 rings (SSSR count). The Balaban J connectivity index is 0.00000162. The fourth-order valence-electron chi connectivity index (χ4n) is 1.87. The van der Waals surface area contributed by atoms with E-state index in [4.69, 9.17) is 11.2 Å². The van der Waals surface area contributed by atoms with Crippen LogP contribution >= 0.6 is 12.4 Å². The summed E-state index contributed by atoms with van der Waals surface area (Å²) in [5, 5.41) is 3.15. The Morgan fingerprint density at radius 1 is 1.28 bits per heavy atom. The Morgan fingerprint density at radius 2 is 1.94 bits per heavy atom. The van der Waals surface area contributed by atoms with E-state index in [1.165, 1.54) is 6.07 Å². The van der Waals surface area contributed by atoms with E-state index in [0.29, 0.717) is 12.8 Å². The molecule has 1 N–H and O–H groups in total. The van der Waals surface area contributed by atoms with Gasteiger partial charge in [-0.25, -0.2) is 8.78 Å². The number of rotatable bonds is 2. The molecule has 0 radical (unpaired) electrons. The highest BCUT2D eigenvalue weighted by Gasteiger charge is 2.32. The lowest BCUT2D eigenvalue weighted by Crippen LogP contribution is -2.45. The van der Waals surface area contributed by atoms with Crippen molar-refractivity contribution < 1.29 is 13.5 Å². The molecule has 1 heterocycles. The average Bonchev–Trinajstić information content (AvgIpc) is 2.34. The van der Waals surface area contributed by atoms with Gasteiger partial charge in [0.05, 0.1) is 0 Å². The molecule has 0 aliphatic carbocycles. The van der Waals surface area contributed by atoms with Crippen molar-refractivity contribution in [2.45, 2.75) is 18.4 Å². The van der Waals surface area contributed by atoms with E-state index in [9.17, 15) is 8.78 Å². The van der Waals surface area contributed by atoms with Gasteiger partial charge in [0.15, 0.2) is 17.2 Å². The van der Waals surface area contributed by atoms with E-state index in [-0.39, 0.29) is 18.2 Å². The summed E-state index contributed by atoms with van der Waals surface area (Å²) in [7, 11) is 0. The molecule has 2 nitrogen and oxygen atoms in total. The first-order valence-electron chi connectivity index (χ1n) is 5.48. The zero-order valence-electron chi connectivity index (χ0n) is 9.71. The Morgan fingerprint density at radius 3 is 2.50 bits per heavy atom. The topological polar surface area (TPSA) is 21.3 Å². The second-order valence-corrected chi connectivity index (χ2v) is 4.07. The number of terminal acetylenes is 1. The molecule has 0 unspecified atom stereocenters. The van der Waals surface area contributed by atoms with Gasteiger partial charge < -0.3 is 10.1 Å². The van der Waals surface area contributed by atoms with Crippen molar-refractivity contribution in [3.05, 3.63) is 29.8 Å². The van der Waals surface area contributed by atoms with Crippen LogP contribution in [0, 0.1) is 24.0 Å². The van der Waals surface area contributed by atoms with Gasteiger partial charge in [-0.05, 0) is 25.2 Å². The quantitative estimate of drug-likeness (QED) is 0.836. The molecule has 1 aromatic carbocycles. The number of ether oxygens (including phenoxy) is 1. The molecule has 98 valence electrons. The van der Waals surface area contributed by atoms with E-state index >= 15 is 0 Å². The minimum Gasteiger partial charge on any atom is -0.471 e. The standard InChI is InChI=1S/C13H13F2NO.ClH/c1-2-13(5-7-16-8-6-13)17-12-4-3-10(14)9-11(12)15;/h1,3-4,9,16H,5-8H2;1H. The van der Waals surface area contributed by atoms with E-state index in [1.54, 1.807) is 0 Å². The number of benzene rings is 1. The maximum Gasteiger partial charge on any atom is 0.171 e. The summed E-state index contributed by atoms with van der Waals surface area (Å²) in [6.07, 6.45) is 6.69. The molecule has 1 aliphatic rings. The van der Waals surface area contributed by atoms with Crippen molar-refractivity contribution >= 4 is 12.4 Å². The van der Waals surface area contributed by atoms with Gasteiger partial charge in [0.2, 0.25) is 0 Å². The summed E-state index contributed by atoms with van der Waals surface area (Å²) in [4.78, 5) is 0. The van der Waals surface area contributed by atoms with E-state index < -0.39 is 17.2 Å². The largest absolute Gasteiger partial charge is 0.471 e. The van der Waals surface area contributed by atoms with E-state index in [1.807, 2.05) is 0 Å². The first-order chi connectivity index (χ1) is 8.15. The number of hydrogen-bond acceptors (Lipinski definition) is 2. The van der Waals surface area contributed by atoms with Gasteiger partial charge in [0, 0.05) is 18.9 Å². The summed E-state index contributed by atoms with van der Waals surface area (Å²) in [5.74, 6) is 1.24. The molecule has 0 saturated carbocycles. The van der Waals surface area contributed by atoms with Crippen LogP contribution in [-0.2, 0) is 0 Å². The molecular formula is C13H14ClF2NO. The normalized spacial score (nSPS) is 17.4. The lowest BCUT2D eigenvalue weighted by Gasteiger charge is -2.33. The zero-order valence-corrected chi connectivity index (χ0v) is 10.5. The minimum absolute atomic E-state index is 0. The predicted octanol–water partition coefficient (Wildman–Crippen LogP) is 2.52. The van der Waals surface area contributed by atoms with Gasteiger partial charge >= 0.3 is 0 Å². The van der Waals surface area contributed by atoms with Crippen molar-refractivity contribution in [2.75, 3.05) is 13.1 Å². The Labute approximate surface area is 111 Å². The van der Waals surface area contributed by atoms with Gasteiger partial charge in [-0.15, -0.1) is 18.8 Å². The van der Waals surface area contributed by atoms with Gasteiger partial charge in [0.1, 0.15) is 5.82 Å². The van der Waals surface area contributed by atoms with Gasteiger partial charge in [0.25, 0.3) is 0 Å². The SMILES string of the molecule is C#CC1(Oc2ccc(F)cc2F)CCNCC1.Cl. The Kier molecular flexibility index (Phi) is 4.94. The molecule has 1 saturated heterocycles. The third kappa shape index (κ3) is 3.12. The van der Waals surface area contributed by atoms with Gasteiger partial charge in [-0.2, -0.15) is 0 Å². The summed E-state index contributed by atoms with van der Waals surface area (Å²) in [6.45, 7) is 1.46. The second-order valence-electron chi connectivity index (χ2n) is 4.07. The molecule has 1 aliphatic heterocycles. The highest BCUT2D eigenvalue weighted by molar-refractivity contribution is 5.85. The van der Waals surface area contributed by atoms with Crippen LogP contribution in [0.5, 0.6) is 5.75 Å². The summed E-state index contributed by atoms with van der Waals surface area (Å²) >= 11 is 0. The first kappa shape index (κ1) is 14.7. The van der Waals surface area contributed by atoms with Crippen molar-refractivity contribution in [3.63, 3.8) is 0 Å². The third-order valence-corrected chi connectivity index (χ3v) is 2.87. The fraction of sp³-hybridized carbons (Fsp3) is 0.385. The maximum atomic E-state index is 13.5. The van der Waals surface area contributed by atoms with Crippen molar-refractivity contribution in [1.82, 2.24) is 5.32 Å². The van der Waals surface area contributed by atoms with E-state index in [2.05, 4.69) is 11.2 Å². The summed E-state index contributed by atoms with van der Waals surface area (Å²) < 4.78 is 31.8. The molecule has 0 amide bonds. The zero-order chi connectivity index (χ0) is 12.3. The van der Waals surface area contributed by atoms with Crippen molar-refractivity contribution in [1.29, 1.82) is 0 Å². The van der Waals surface area contributed by atoms with Gasteiger partial charge in [-0.3, -0.25) is 0 Å². The third-order valence-electron chi connectivity index (χ3n) is 2.87. The number of piperidine rings is 1. The van der Waals surface area contributed by atoms with Crippen LogP contribution in [0.25, 0.3) is 0 Å². The Hall–Kier alpha value is -1.31. The van der Waals surface area contributed by atoms with E-state index in [0.717, 1.165) is 25.2 Å². The van der Waals surface area contributed by atoms with Crippen molar-refractivity contribution in [3.8, 4) is 18.1 Å². The molecule has 0 bridgehead atoms. The van der Waals surface area contributed by atoms with Crippen LogP contribution < -0.4 is 10.1 Å². The molecular weight excluding hydrogens is 260 g/mol. The van der Waals surface area contributed by atoms with Crippen molar-refractivity contribution in [2.24, 2.45) is 0 Å². The fourth-order valence-corrected chi connectivity index (χ4v) is 1.87. The predicted molar refractivity (Wildman–Crippen MR) is 67.9 cm³/mol. The first-order valence-corrected chi connectivity index (χ1v) is 5.48. The van der Waals surface area contributed by atoms with Crippen LogP contribution in [0.2, 0.25) is 0 Å².